The van der Waals surface area contributed by atoms with E-state index in [4.69, 9.17) is 0 Å². The Hall–Kier alpha value is -0.660. The smallest absolute Gasteiger partial charge is 0.120 e. The molecule has 1 aliphatic heterocycles. The molecule has 0 aromatic rings. The van der Waals surface area contributed by atoms with Crippen LogP contribution in [0, 0.1) is 11.8 Å². The van der Waals surface area contributed by atoms with Gasteiger partial charge < -0.3 is 0 Å². The van der Waals surface area contributed by atoms with Gasteiger partial charge in [-0.1, -0.05) is 13.8 Å². The predicted octanol–water partition coefficient (Wildman–Crippen LogP) is 2.54. The van der Waals surface area contributed by atoms with Crippen LogP contribution in [0.2, 0.25) is 0 Å². The van der Waals surface area contributed by atoms with Crippen LogP contribution in [0.1, 0.15) is 34.6 Å². The van der Waals surface area contributed by atoms with E-state index in [2.05, 4.69) is 37.7 Å². The van der Waals surface area contributed by atoms with E-state index in [1.807, 2.05) is 6.92 Å². The van der Waals surface area contributed by atoms with Crippen LogP contribution in [0.25, 0.3) is 0 Å². The molecule has 0 saturated heterocycles. The molecule has 2 atom stereocenters. The van der Waals surface area contributed by atoms with Gasteiger partial charge in [-0.05, 0) is 26.7 Å². The highest BCUT2D eigenvalue weighted by molar-refractivity contribution is 5.99. The van der Waals surface area contributed by atoms with Gasteiger partial charge in [-0.3, -0.25) is 4.99 Å². The minimum atomic E-state index is 0.405. The first-order chi connectivity index (χ1) is 5.52. The Labute approximate surface area is 74.8 Å². The van der Waals surface area contributed by atoms with Crippen molar-refractivity contribution in [2.45, 2.75) is 40.7 Å². The van der Waals surface area contributed by atoms with Crippen LogP contribution >= 0.6 is 0 Å². The predicted molar refractivity (Wildman–Crippen MR) is 54.0 cm³/mol. The normalized spacial score (nSPS) is 30.2. The Balaban J connectivity index is 2.87. The third kappa shape index (κ3) is 1.74. The van der Waals surface area contributed by atoms with Gasteiger partial charge in [-0.2, -0.15) is 0 Å². The molecule has 2 nitrogen and oxygen atoms in total. The minimum absolute atomic E-state index is 0.405. The Morgan fingerprint density at radius 3 is 2.25 bits per heavy atom. The summed E-state index contributed by atoms with van der Waals surface area (Å²) in [4.78, 5) is 8.87. The summed E-state index contributed by atoms with van der Waals surface area (Å²) < 4.78 is 0. The van der Waals surface area contributed by atoms with Crippen molar-refractivity contribution in [2.75, 3.05) is 0 Å². The van der Waals surface area contributed by atoms with Crippen molar-refractivity contribution in [1.82, 2.24) is 0 Å². The third-order valence-electron chi connectivity index (χ3n) is 2.45. The highest BCUT2D eigenvalue weighted by Gasteiger charge is 2.25. The highest BCUT2D eigenvalue weighted by atomic mass is 15.0. The summed E-state index contributed by atoms with van der Waals surface area (Å²) in [6.07, 6.45) is 0. The number of nitrogens with zero attached hydrogens (tertiary/aromatic N) is 2. The van der Waals surface area contributed by atoms with E-state index in [1.165, 1.54) is 5.71 Å². The van der Waals surface area contributed by atoms with E-state index in [9.17, 15) is 0 Å². The van der Waals surface area contributed by atoms with Crippen molar-refractivity contribution in [1.29, 1.82) is 0 Å². The van der Waals surface area contributed by atoms with Crippen LogP contribution in [0.5, 0.6) is 0 Å². The van der Waals surface area contributed by atoms with Crippen LogP contribution in [0.3, 0.4) is 0 Å². The van der Waals surface area contributed by atoms with Crippen molar-refractivity contribution < 1.29 is 0 Å². The Kier molecular flexibility index (Phi) is 2.65. The molecule has 0 radical (unpaired) electrons. The van der Waals surface area contributed by atoms with E-state index < -0.39 is 0 Å². The second-order valence-electron chi connectivity index (χ2n) is 3.94. The standard InChI is InChI=1S/C10H18N2/c1-6(2)10-7(3)11-9(5)12-8(10)4/h6-7,10H,1-5H3. The average Bonchev–Trinajstić information content (AvgIpc) is 1.82. The van der Waals surface area contributed by atoms with E-state index in [0.29, 0.717) is 17.9 Å². The lowest BCUT2D eigenvalue weighted by Gasteiger charge is -2.28. The van der Waals surface area contributed by atoms with Crippen molar-refractivity contribution in [3.63, 3.8) is 0 Å². The van der Waals surface area contributed by atoms with E-state index >= 15 is 0 Å². The second kappa shape index (κ2) is 3.38. The quantitative estimate of drug-likeness (QED) is 0.572. The van der Waals surface area contributed by atoms with Gasteiger partial charge in [0.2, 0.25) is 0 Å². The average molecular weight is 166 g/mol. The van der Waals surface area contributed by atoms with Gasteiger partial charge in [-0.25, -0.2) is 4.99 Å². The number of hydrogen-bond donors (Lipinski definition) is 0. The molecule has 1 aliphatic rings. The van der Waals surface area contributed by atoms with Crippen LogP contribution in [-0.2, 0) is 0 Å². The van der Waals surface area contributed by atoms with Gasteiger partial charge in [0.25, 0.3) is 0 Å². The van der Waals surface area contributed by atoms with E-state index in [-0.39, 0.29) is 0 Å². The first kappa shape index (κ1) is 9.43. The summed E-state index contributed by atoms with van der Waals surface area (Å²) in [5.41, 5.74) is 1.24. The largest absolute Gasteiger partial charge is 0.267 e. The fourth-order valence-corrected chi connectivity index (χ4v) is 2.12. The molecule has 0 spiro atoms. The van der Waals surface area contributed by atoms with Crippen LogP contribution in [0.4, 0.5) is 0 Å². The summed E-state index contributed by atoms with van der Waals surface area (Å²) in [5.74, 6) is 2.10. The van der Waals surface area contributed by atoms with Gasteiger partial charge >= 0.3 is 0 Å². The maximum absolute atomic E-state index is 4.46. The summed E-state index contributed by atoms with van der Waals surface area (Å²) in [5, 5.41) is 0. The van der Waals surface area contributed by atoms with Crippen molar-refractivity contribution >= 4 is 11.5 Å². The Morgan fingerprint density at radius 2 is 1.83 bits per heavy atom. The van der Waals surface area contributed by atoms with Gasteiger partial charge in [0.05, 0.1) is 6.04 Å². The number of rotatable bonds is 1. The Bertz CT molecular complexity index is 226. The molecular weight excluding hydrogens is 148 g/mol. The molecule has 1 rings (SSSR count). The minimum Gasteiger partial charge on any atom is -0.267 e. The lowest BCUT2D eigenvalue weighted by atomic mass is 9.85. The first-order valence-corrected chi connectivity index (χ1v) is 4.62. The Morgan fingerprint density at radius 1 is 1.25 bits per heavy atom. The first-order valence-electron chi connectivity index (χ1n) is 4.62. The molecule has 68 valence electrons. The van der Waals surface area contributed by atoms with E-state index in [0.717, 1.165) is 5.84 Å². The van der Waals surface area contributed by atoms with E-state index in [1.54, 1.807) is 0 Å². The fraction of sp³-hybridized carbons (Fsp3) is 0.800. The fourth-order valence-electron chi connectivity index (χ4n) is 2.12. The zero-order valence-corrected chi connectivity index (χ0v) is 8.63. The molecule has 0 aromatic carbocycles. The molecule has 12 heavy (non-hydrogen) atoms. The highest BCUT2D eigenvalue weighted by Crippen LogP contribution is 2.23. The SMILES string of the molecule is CC1=NC(C)C(C(C)C)C(C)=N1. The summed E-state index contributed by atoms with van der Waals surface area (Å²) in [6, 6.07) is 0.405. The molecule has 2 unspecified atom stereocenters. The van der Waals surface area contributed by atoms with Gasteiger partial charge in [0, 0.05) is 11.6 Å². The van der Waals surface area contributed by atoms with Gasteiger partial charge in [0.15, 0.2) is 0 Å². The second-order valence-corrected chi connectivity index (χ2v) is 3.94. The maximum atomic E-state index is 4.46. The molecule has 0 amide bonds. The van der Waals surface area contributed by atoms with Crippen LogP contribution in [0.15, 0.2) is 9.98 Å². The molecule has 2 heteroatoms. The number of amidine groups is 1. The zero-order valence-electron chi connectivity index (χ0n) is 8.63. The van der Waals surface area contributed by atoms with Crippen molar-refractivity contribution in [2.24, 2.45) is 21.8 Å². The monoisotopic (exact) mass is 166 g/mol. The molecule has 0 saturated carbocycles. The molecular formula is C10H18N2. The van der Waals surface area contributed by atoms with Crippen molar-refractivity contribution in [3.8, 4) is 0 Å². The third-order valence-corrected chi connectivity index (χ3v) is 2.45. The van der Waals surface area contributed by atoms with Gasteiger partial charge in [0.1, 0.15) is 5.84 Å². The lowest BCUT2D eigenvalue weighted by Crippen LogP contribution is -2.32. The molecule has 0 aromatic heterocycles. The van der Waals surface area contributed by atoms with Crippen LogP contribution < -0.4 is 0 Å². The molecule has 1 heterocycles. The lowest BCUT2D eigenvalue weighted by molar-refractivity contribution is 0.426. The molecule has 0 aliphatic carbocycles. The summed E-state index contributed by atoms with van der Waals surface area (Å²) in [6.45, 7) is 10.7. The zero-order chi connectivity index (χ0) is 9.30. The molecule has 0 bridgehead atoms. The number of aliphatic imine (C=N–C) groups is 2. The van der Waals surface area contributed by atoms with Crippen molar-refractivity contribution in [3.05, 3.63) is 0 Å². The summed E-state index contributed by atoms with van der Waals surface area (Å²) in [7, 11) is 0. The molecule has 0 fully saturated rings. The number of hydrogen-bond acceptors (Lipinski definition) is 2. The van der Waals surface area contributed by atoms with Crippen LogP contribution in [-0.4, -0.2) is 17.6 Å². The molecule has 0 N–H and O–H groups in total. The summed E-state index contributed by atoms with van der Waals surface area (Å²) >= 11 is 0. The maximum Gasteiger partial charge on any atom is 0.120 e. The van der Waals surface area contributed by atoms with Gasteiger partial charge in [-0.15, -0.1) is 0 Å². The topological polar surface area (TPSA) is 24.7 Å².